The Labute approximate surface area is 112 Å². The zero-order valence-electron chi connectivity index (χ0n) is 10.1. The van der Waals surface area contributed by atoms with Crippen molar-refractivity contribution in [3.8, 4) is 0 Å². The van der Waals surface area contributed by atoms with Gasteiger partial charge in [0.05, 0.1) is 22.7 Å². The monoisotopic (exact) mass is 273 g/mol. The fourth-order valence-electron chi connectivity index (χ4n) is 1.73. The molecule has 7 heteroatoms. The molecule has 3 aromatic rings. The molecule has 0 saturated carbocycles. The van der Waals surface area contributed by atoms with Crippen molar-refractivity contribution in [2.75, 3.05) is 11.1 Å². The number of fused-ring (bicyclic) bond motifs is 1. The van der Waals surface area contributed by atoms with Crippen molar-refractivity contribution in [1.29, 1.82) is 0 Å². The smallest absolute Gasteiger partial charge is 0.275 e. The number of imidazole rings is 1. The highest BCUT2D eigenvalue weighted by Gasteiger charge is 2.12. The number of benzene rings is 1. The highest BCUT2D eigenvalue weighted by molar-refractivity contribution is 7.22. The Morgan fingerprint density at radius 3 is 3.05 bits per heavy atom. The summed E-state index contributed by atoms with van der Waals surface area (Å²) >= 11 is 1.39. The number of carbonyl (C=O) groups excluding carboxylic acids is 1. The van der Waals surface area contributed by atoms with Crippen molar-refractivity contribution < 1.29 is 4.79 Å². The van der Waals surface area contributed by atoms with E-state index in [4.69, 9.17) is 5.73 Å². The van der Waals surface area contributed by atoms with E-state index in [1.54, 1.807) is 24.0 Å². The number of aromatic nitrogens is 3. The summed E-state index contributed by atoms with van der Waals surface area (Å²) in [4.78, 5) is 20.3. The predicted octanol–water partition coefficient (Wildman–Crippen LogP) is 1.86. The summed E-state index contributed by atoms with van der Waals surface area (Å²) < 4.78 is 2.60. The van der Waals surface area contributed by atoms with E-state index in [9.17, 15) is 4.79 Å². The Balaban J connectivity index is 1.89. The van der Waals surface area contributed by atoms with Crippen LogP contribution in [0, 0.1) is 0 Å². The van der Waals surface area contributed by atoms with Gasteiger partial charge in [-0.25, -0.2) is 9.97 Å². The zero-order chi connectivity index (χ0) is 13.4. The van der Waals surface area contributed by atoms with E-state index in [1.165, 1.54) is 17.5 Å². The minimum Gasteiger partial charge on any atom is -0.399 e. The van der Waals surface area contributed by atoms with Crippen molar-refractivity contribution in [1.82, 2.24) is 14.5 Å². The Morgan fingerprint density at radius 2 is 2.32 bits per heavy atom. The molecule has 2 heterocycles. The Morgan fingerprint density at radius 1 is 1.47 bits per heavy atom. The van der Waals surface area contributed by atoms with Crippen LogP contribution < -0.4 is 11.1 Å². The normalized spacial score (nSPS) is 10.8. The third-order valence-electron chi connectivity index (χ3n) is 2.68. The summed E-state index contributed by atoms with van der Waals surface area (Å²) in [5, 5.41) is 3.31. The average molecular weight is 273 g/mol. The first-order chi connectivity index (χ1) is 9.13. The van der Waals surface area contributed by atoms with Crippen molar-refractivity contribution >= 4 is 38.3 Å². The van der Waals surface area contributed by atoms with Crippen LogP contribution in [0.25, 0.3) is 10.2 Å². The molecule has 3 N–H and O–H groups in total. The van der Waals surface area contributed by atoms with E-state index in [0.29, 0.717) is 16.5 Å². The second kappa shape index (κ2) is 4.36. The molecule has 0 bridgehead atoms. The fourth-order valence-corrected chi connectivity index (χ4v) is 2.64. The van der Waals surface area contributed by atoms with Crippen LogP contribution in [0.4, 0.5) is 10.8 Å². The van der Waals surface area contributed by atoms with Gasteiger partial charge in [-0.2, -0.15) is 0 Å². The Kier molecular flexibility index (Phi) is 2.68. The third kappa shape index (κ3) is 2.15. The maximum Gasteiger partial charge on any atom is 0.275 e. The van der Waals surface area contributed by atoms with E-state index in [2.05, 4.69) is 15.3 Å². The number of hydrogen-bond acceptors (Lipinski definition) is 5. The molecule has 0 aliphatic carbocycles. The van der Waals surface area contributed by atoms with Gasteiger partial charge in [0.2, 0.25) is 0 Å². The van der Waals surface area contributed by atoms with Crippen molar-refractivity contribution in [2.24, 2.45) is 7.05 Å². The van der Waals surface area contributed by atoms with E-state index in [0.717, 1.165) is 10.2 Å². The molecule has 0 radical (unpaired) electrons. The number of amides is 1. The number of nitrogens with one attached hydrogen (secondary N) is 1. The maximum atomic E-state index is 12.0. The molecule has 0 fully saturated rings. The van der Waals surface area contributed by atoms with Crippen LogP contribution in [0.1, 0.15) is 10.5 Å². The minimum absolute atomic E-state index is 0.230. The lowest BCUT2D eigenvalue weighted by atomic mass is 10.3. The third-order valence-corrected chi connectivity index (χ3v) is 3.62. The van der Waals surface area contributed by atoms with Gasteiger partial charge in [0.1, 0.15) is 5.69 Å². The van der Waals surface area contributed by atoms with Crippen LogP contribution in [0.15, 0.2) is 30.7 Å². The average Bonchev–Trinajstić information content (AvgIpc) is 2.94. The zero-order valence-corrected chi connectivity index (χ0v) is 10.9. The number of hydrogen-bond donors (Lipinski definition) is 2. The lowest BCUT2D eigenvalue weighted by molar-refractivity contribution is 0.101. The second-order valence-corrected chi connectivity index (χ2v) is 5.12. The number of anilines is 2. The van der Waals surface area contributed by atoms with Gasteiger partial charge in [-0.05, 0) is 18.2 Å². The molecule has 96 valence electrons. The van der Waals surface area contributed by atoms with E-state index in [-0.39, 0.29) is 5.91 Å². The number of nitrogens with two attached hydrogens (primary N) is 1. The largest absolute Gasteiger partial charge is 0.399 e. The second-order valence-electron chi connectivity index (χ2n) is 4.09. The molecule has 19 heavy (non-hydrogen) atoms. The molecule has 3 rings (SSSR count). The number of nitrogen functional groups attached to an aromatic ring is 1. The maximum absolute atomic E-state index is 12.0. The fraction of sp³-hybridized carbons (Fsp3) is 0.0833. The van der Waals surface area contributed by atoms with Crippen molar-refractivity contribution in [3.05, 3.63) is 36.4 Å². The van der Waals surface area contributed by atoms with Crippen LogP contribution in [-0.2, 0) is 7.05 Å². The summed E-state index contributed by atoms with van der Waals surface area (Å²) in [5.41, 5.74) is 7.70. The molecule has 0 spiro atoms. The first kappa shape index (κ1) is 11.7. The van der Waals surface area contributed by atoms with Crippen LogP contribution in [-0.4, -0.2) is 20.4 Å². The van der Waals surface area contributed by atoms with Gasteiger partial charge in [0, 0.05) is 12.7 Å². The van der Waals surface area contributed by atoms with Gasteiger partial charge in [0.15, 0.2) is 5.13 Å². The van der Waals surface area contributed by atoms with Gasteiger partial charge < -0.3 is 10.3 Å². The topological polar surface area (TPSA) is 85.8 Å². The summed E-state index contributed by atoms with van der Waals surface area (Å²) in [6.45, 7) is 0. The van der Waals surface area contributed by atoms with Gasteiger partial charge in [-0.15, -0.1) is 0 Å². The first-order valence-electron chi connectivity index (χ1n) is 5.57. The Bertz CT molecular complexity index is 760. The lowest BCUT2D eigenvalue weighted by Gasteiger charge is -2.01. The molecule has 1 amide bonds. The SMILES string of the molecule is Cn1cncc1C(=O)Nc1nc2ccc(N)cc2s1. The van der Waals surface area contributed by atoms with Crippen molar-refractivity contribution in [2.45, 2.75) is 0 Å². The quantitative estimate of drug-likeness (QED) is 0.698. The lowest BCUT2D eigenvalue weighted by Crippen LogP contribution is -2.15. The van der Waals surface area contributed by atoms with E-state index < -0.39 is 0 Å². The molecule has 0 unspecified atom stereocenters. The van der Waals surface area contributed by atoms with Crippen LogP contribution in [0.2, 0.25) is 0 Å². The first-order valence-corrected chi connectivity index (χ1v) is 6.39. The summed E-state index contributed by atoms with van der Waals surface area (Å²) in [6.07, 6.45) is 3.09. The number of rotatable bonds is 2. The number of thiazole rings is 1. The van der Waals surface area contributed by atoms with Crippen LogP contribution >= 0.6 is 11.3 Å². The summed E-state index contributed by atoms with van der Waals surface area (Å²) in [7, 11) is 1.76. The molecular weight excluding hydrogens is 262 g/mol. The number of carbonyl (C=O) groups is 1. The standard InChI is InChI=1S/C12H11N5OS/c1-17-6-14-5-9(17)11(18)16-12-15-8-3-2-7(13)4-10(8)19-12/h2-6H,13H2,1H3,(H,15,16,18). The van der Waals surface area contributed by atoms with E-state index in [1.807, 2.05) is 12.1 Å². The molecule has 0 aliphatic rings. The molecule has 0 atom stereocenters. The molecule has 0 saturated heterocycles. The van der Waals surface area contributed by atoms with Crippen molar-refractivity contribution in [3.63, 3.8) is 0 Å². The molecular formula is C12H11N5OS. The molecule has 1 aromatic carbocycles. The van der Waals surface area contributed by atoms with Crippen LogP contribution in [0.5, 0.6) is 0 Å². The minimum atomic E-state index is -0.230. The predicted molar refractivity (Wildman–Crippen MR) is 75.2 cm³/mol. The Hall–Kier alpha value is -2.41. The highest BCUT2D eigenvalue weighted by Crippen LogP contribution is 2.27. The number of nitrogens with zero attached hydrogens (tertiary/aromatic N) is 3. The molecule has 2 aromatic heterocycles. The highest BCUT2D eigenvalue weighted by atomic mass is 32.1. The summed E-state index contributed by atoms with van der Waals surface area (Å²) in [5.74, 6) is -0.230. The van der Waals surface area contributed by atoms with Gasteiger partial charge in [-0.1, -0.05) is 11.3 Å². The van der Waals surface area contributed by atoms with E-state index >= 15 is 0 Å². The number of aryl methyl sites for hydroxylation is 1. The van der Waals surface area contributed by atoms with Gasteiger partial charge >= 0.3 is 0 Å². The van der Waals surface area contributed by atoms with Gasteiger partial charge in [-0.3, -0.25) is 10.1 Å². The molecule has 6 nitrogen and oxygen atoms in total. The van der Waals surface area contributed by atoms with Crippen LogP contribution in [0.3, 0.4) is 0 Å². The van der Waals surface area contributed by atoms with Gasteiger partial charge in [0.25, 0.3) is 5.91 Å². The molecule has 0 aliphatic heterocycles. The summed E-state index contributed by atoms with van der Waals surface area (Å²) in [6, 6.07) is 5.46.